The van der Waals surface area contributed by atoms with Gasteiger partial charge in [0, 0.05) is 11.1 Å². The third-order valence-electron chi connectivity index (χ3n) is 2.87. The van der Waals surface area contributed by atoms with Gasteiger partial charge in [-0.15, -0.1) is 0 Å². The van der Waals surface area contributed by atoms with Gasteiger partial charge in [-0.1, -0.05) is 23.7 Å². The summed E-state index contributed by atoms with van der Waals surface area (Å²) in [6.45, 7) is 0. The highest BCUT2D eigenvalue weighted by atomic mass is 35.5. The van der Waals surface area contributed by atoms with Gasteiger partial charge in [-0.2, -0.15) is 13.2 Å². The number of carbonyl (C=O) groups is 1. The highest BCUT2D eigenvalue weighted by Crippen LogP contribution is 2.31. The van der Waals surface area contributed by atoms with Crippen LogP contribution in [0.25, 0.3) is 0 Å². The molecule has 2 nitrogen and oxygen atoms in total. The molecule has 0 saturated heterocycles. The summed E-state index contributed by atoms with van der Waals surface area (Å²) in [4.78, 5) is 12.3. The van der Waals surface area contributed by atoms with Crippen LogP contribution >= 0.6 is 11.6 Å². The van der Waals surface area contributed by atoms with E-state index in [0.717, 1.165) is 12.1 Å². The molecular weight excluding hydrogens is 305 g/mol. The van der Waals surface area contributed by atoms with E-state index in [2.05, 4.69) is 0 Å². The van der Waals surface area contributed by atoms with E-state index in [0.29, 0.717) is 5.75 Å². The SMILES string of the molecule is COc1ccc(C(=O)c2cccc(C(F)(F)F)c2)c(Cl)c1. The van der Waals surface area contributed by atoms with Crippen LogP contribution in [0.3, 0.4) is 0 Å². The standard InChI is InChI=1S/C15H10ClF3O2/c1-21-11-5-6-12(13(16)8-11)14(20)9-3-2-4-10(7-9)15(17,18)19/h2-8H,1H3. The topological polar surface area (TPSA) is 26.3 Å². The molecule has 0 aliphatic carbocycles. The van der Waals surface area contributed by atoms with Crippen LogP contribution in [-0.2, 0) is 6.18 Å². The number of ether oxygens (including phenoxy) is 1. The molecule has 110 valence electrons. The quantitative estimate of drug-likeness (QED) is 0.774. The zero-order chi connectivity index (χ0) is 15.6. The molecule has 0 spiro atoms. The Morgan fingerprint density at radius 3 is 2.43 bits per heavy atom. The molecule has 2 aromatic rings. The van der Waals surface area contributed by atoms with Crippen molar-refractivity contribution >= 4 is 17.4 Å². The van der Waals surface area contributed by atoms with Crippen molar-refractivity contribution in [1.29, 1.82) is 0 Å². The largest absolute Gasteiger partial charge is 0.497 e. The molecule has 2 aromatic carbocycles. The molecule has 0 amide bonds. The van der Waals surface area contributed by atoms with Gasteiger partial charge in [-0.25, -0.2) is 0 Å². The van der Waals surface area contributed by atoms with E-state index in [1.807, 2.05) is 0 Å². The lowest BCUT2D eigenvalue weighted by molar-refractivity contribution is -0.137. The first kappa shape index (κ1) is 15.4. The molecule has 0 aliphatic heterocycles. The van der Waals surface area contributed by atoms with Crippen molar-refractivity contribution in [3.05, 3.63) is 64.2 Å². The number of alkyl halides is 3. The van der Waals surface area contributed by atoms with Gasteiger partial charge in [-0.05, 0) is 30.3 Å². The van der Waals surface area contributed by atoms with Crippen molar-refractivity contribution in [2.24, 2.45) is 0 Å². The summed E-state index contributed by atoms with van der Waals surface area (Å²) < 4.78 is 42.9. The highest BCUT2D eigenvalue weighted by Gasteiger charge is 2.31. The lowest BCUT2D eigenvalue weighted by Crippen LogP contribution is -2.08. The van der Waals surface area contributed by atoms with Crippen molar-refractivity contribution < 1.29 is 22.7 Å². The second kappa shape index (κ2) is 5.77. The molecule has 6 heteroatoms. The summed E-state index contributed by atoms with van der Waals surface area (Å²) in [5.74, 6) is -0.116. The zero-order valence-electron chi connectivity index (χ0n) is 10.9. The summed E-state index contributed by atoms with van der Waals surface area (Å²) in [6.07, 6.45) is -4.50. The number of ketones is 1. The molecule has 0 radical (unpaired) electrons. The van der Waals surface area contributed by atoms with Crippen molar-refractivity contribution in [3.63, 3.8) is 0 Å². The Labute approximate surface area is 124 Å². The van der Waals surface area contributed by atoms with Crippen molar-refractivity contribution in [2.45, 2.75) is 6.18 Å². The van der Waals surface area contributed by atoms with Crippen LogP contribution in [0.2, 0.25) is 5.02 Å². The predicted molar refractivity (Wildman–Crippen MR) is 72.9 cm³/mol. The second-order valence-electron chi connectivity index (χ2n) is 4.25. The summed E-state index contributed by atoms with van der Waals surface area (Å²) in [6, 6.07) is 8.60. The van der Waals surface area contributed by atoms with Crippen LogP contribution in [0.15, 0.2) is 42.5 Å². The minimum absolute atomic E-state index is 0.0723. The first-order chi connectivity index (χ1) is 9.82. The van der Waals surface area contributed by atoms with Crippen LogP contribution in [0.4, 0.5) is 13.2 Å². The molecule has 0 aliphatic rings. The van der Waals surface area contributed by atoms with Gasteiger partial charge >= 0.3 is 6.18 Å². The number of hydrogen-bond acceptors (Lipinski definition) is 2. The van der Waals surface area contributed by atoms with Crippen LogP contribution in [0, 0.1) is 0 Å². The maximum Gasteiger partial charge on any atom is 0.416 e. The van der Waals surface area contributed by atoms with E-state index >= 15 is 0 Å². The fourth-order valence-electron chi connectivity index (χ4n) is 1.80. The maximum atomic E-state index is 12.7. The second-order valence-corrected chi connectivity index (χ2v) is 4.66. The summed E-state index contributed by atoms with van der Waals surface area (Å²) in [7, 11) is 1.44. The van der Waals surface area contributed by atoms with Gasteiger partial charge in [0.15, 0.2) is 5.78 Å². The Hall–Kier alpha value is -2.01. The normalized spacial score (nSPS) is 11.3. The van der Waals surface area contributed by atoms with Crippen LogP contribution in [0.1, 0.15) is 21.5 Å². The fourth-order valence-corrected chi connectivity index (χ4v) is 2.06. The molecule has 0 unspecified atom stereocenters. The van der Waals surface area contributed by atoms with Gasteiger partial charge < -0.3 is 4.74 Å². The Kier molecular flexibility index (Phi) is 4.23. The average Bonchev–Trinajstić information content (AvgIpc) is 2.45. The minimum Gasteiger partial charge on any atom is -0.497 e. The smallest absolute Gasteiger partial charge is 0.416 e. The number of benzene rings is 2. The molecule has 0 atom stereocenters. The predicted octanol–water partition coefficient (Wildman–Crippen LogP) is 4.60. The first-order valence-corrected chi connectivity index (χ1v) is 6.26. The van der Waals surface area contributed by atoms with Crippen molar-refractivity contribution in [3.8, 4) is 5.75 Å². The van der Waals surface area contributed by atoms with E-state index in [-0.39, 0.29) is 16.1 Å². The van der Waals surface area contributed by atoms with Crippen molar-refractivity contribution in [2.75, 3.05) is 7.11 Å². The Bertz CT molecular complexity index is 681. The van der Waals surface area contributed by atoms with Gasteiger partial charge in [-0.3, -0.25) is 4.79 Å². The Morgan fingerprint density at radius 1 is 1.14 bits per heavy atom. The van der Waals surface area contributed by atoms with Gasteiger partial charge in [0.2, 0.25) is 0 Å². The number of rotatable bonds is 3. The van der Waals surface area contributed by atoms with E-state index in [4.69, 9.17) is 16.3 Å². The fraction of sp³-hybridized carbons (Fsp3) is 0.133. The molecule has 0 fully saturated rings. The van der Waals surface area contributed by atoms with E-state index < -0.39 is 17.5 Å². The molecule has 0 heterocycles. The first-order valence-electron chi connectivity index (χ1n) is 5.88. The highest BCUT2D eigenvalue weighted by molar-refractivity contribution is 6.35. The zero-order valence-corrected chi connectivity index (χ0v) is 11.6. The maximum absolute atomic E-state index is 12.7. The number of carbonyl (C=O) groups excluding carboxylic acids is 1. The Balaban J connectivity index is 2.41. The summed E-state index contributed by atoms with van der Waals surface area (Å²) in [5, 5.41) is 0.122. The third-order valence-corrected chi connectivity index (χ3v) is 3.19. The number of methoxy groups -OCH3 is 1. The molecule has 0 saturated carbocycles. The molecular formula is C15H10ClF3O2. The molecule has 0 N–H and O–H groups in total. The number of hydrogen-bond donors (Lipinski definition) is 0. The van der Waals surface area contributed by atoms with Crippen LogP contribution in [-0.4, -0.2) is 12.9 Å². The summed E-state index contributed by atoms with van der Waals surface area (Å²) >= 11 is 5.96. The van der Waals surface area contributed by atoms with Gasteiger partial charge in [0.1, 0.15) is 5.75 Å². The monoisotopic (exact) mass is 314 g/mol. The van der Waals surface area contributed by atoms with Crippen LogP contribution in [0.5, 0.6) is 5.75 Å². The lowest BCUT2D eigenvalue weighted by atomic mass is 10.0. The summed E-state index contributed by atoms with van der Waals surface area (Å²) in [5.41, 5.74) is -0.827. The van der Waals surface area contributed by atoms with Crippen molar-refractivity contribution in [1.82, 2.24) is 0 Å². The van der Waals surface area contributed by atoms with Gasteiger partial charge in [0.25, 0.3) is 0 Å². The molecule has 21 heavy (non-hydrogen) atoms. The third kappa shape index (κ3) is 3.36. The van der Waals surface area contributed by atoms with Gasteiger partial charge in [0.05, 0.1) is 17.7 Å². The van der Waals surface area contributed by atoms with E-state index in [9.17, 15) is 18.0 Å². The van der Waals surface area contributed by atoms with E-state index in [1.165, 1.54) is 37.4 Å². The van der Waals surface area contributed by atoms with Crippen LogP contribution < -0.4 is 4.74 Å². The number of halogens is 4. The lowest BCUT2D eigenvalue weighted by Gasteiger charge is -2.09. The molecule has 0 bridgehead atoms. The molecule has 0 aromatic heterocycles. The van der Waals surface area contributed by atoms with E-state index in [1.54, 1.807) is 0 Å². The average molecular weight is 315 g/mol. The molecule has 2 rings (SSSR count). The Morgan fingerprint density at radius 2 is 1.86 bits per heavy atom. The minimum atomic E-state index is -4.50.